The first-order valence-electron chi connectivity index (χ1n) is 12.0. The second-order valence-corrected chi connectivity index (χ2v) is 9.06. The van der Waals surface area contributed by atoms with Crippen LogP contribution >= 0.6 is 0 Å². The van der Waals surface area contributed by atoms with Gasteiger partial charge in [0, 0.05) is 35.8 Å². The van der Waals surface area contributed by atoms with Gasteiger partial charge in [-0.05, 0) is 43.4 Å². The standard InChI is InChI=1S/C28H29N5O2/c1-3-8-24(34)28(11-7-12-28)18-35-25-13-19(2)22(16-29-25)21-14-30-26(31-15-21)27-32-17-23(33-27)20-9-5-4-6-10-20/h4-6,8-10,13-17,34H,3,7,11-12,18H2,1-2H3,(H,32,33)/b24-8-. The topological polar surface area (TPSA) is 96.8 Å². The Hall–Kier alpha value is -4.00. The zero-order valence-electron chi connectivity index (χ0n) is 20.0. The third kappa shape index (κ3) is 4.67. The summed E-state index contributed by atoms with van der Waals surface area (Å²) in [5, 5.41) is 10.4. The monoisotopic (exact) mass is 467 g/mol. The van der Waals surface area contributed by atoms with Gasteiger partial charge in [-0.2, -0.15) is 0 Å². The number of ether oxygens (including phenoxy) is 1. The molecule has 0 aliphatic heterocycles. The van der Waals surface area contributed by atoms with Crippen molar-refractivity contribution >= 4 is 0 Å². The smallest absolute Gasteiger partial charge is 0.213 e. The number of aryl methyl sites for hydroxylation is 1. The first-order chi connectivity index (χ1) is 17.1. The molecule has 178 valence electrons. The number of pyridine rings is 1. The van der Waals surface area contributed by atoms with Gasteiger partial charge in [0.15, 0.2) is 11.6 Å². The van der Waals surface area contributed by atoms with E-state index >= 15 is 0 Å². The van der Waals surface area contributed by atoms with Crippen molar-refractivity contribution in [2.24, 2.45) is 5.41 Å². The summed E-state index contributed by atoms with van der Waals surface area (Å²) >= 11 is 0. The van der Waals surface area contributed by atoms with Crippen LogP contribution in [-0.2, 0) is 0 Å². The molecular formula is C28H29N5O2. The minimum atomic E-state index is -0.264. The fourth-order valence-corrected chi connectivity index (χ4v) is 4.40. The Labute approximate surface area is 205 Å². The van der Waals surface area contributed by atoms with Crippen molar-refractivity contribution in [1.82, 2.24) is 24.9 Å². The number of hydrogen-bond donors (Lipinski definition) is 2. The molecule has 2 N–H and O–H groups in total. The minimum Gasteiger partial charge on any atom is -0.512 e. The highest BCUT2D eigenvalue weighted by Gasteiger charge is 2.41. The quantitative estimate of drug-likeness (QED) is 0.295. The van der Waals surface area contributed by atoms with E-state index in [1.54, 1.807) is 24.8 Å². The molecule has 0 bridgehead atoms. The highest BCUT2D eigenvalue weighted by atomic mass is 16.5. The van der Waals surface area contributed by atoms with Gasteiger partial charge >= 0.3 is 0 Å². The lowest BCUT2D eigenvalue weighted by atomic mass is 9.68. The predicted molar refractivity (Wildman–Crippen MR) is 136 cm³/mol. The molecule has 5 rings (SSSR count). The van der Waals surface area contributed by atoms with Gasteiger partial charge in [-0.25, -0.2) is 19.9 Å². The highest BCUT2D eigenvalue weighted by Crippen LogP contribution is 2.46. The van der Waals surface area contributed by atoms with Crippen molar-refractivity contribution in [2.45, 2.75) is 39.5 Å². The first kappa shape index (κ1) is 22.8. The number of benzene rings is 1. The molecule has 1 aliphatic carbocycles. The van der Waals surface area contributed by atoms with E-state index in [4.69, 9.17) is 4.74 Å². The number of aromatic amines is 1. The second-order valence-electron chi connectivity index (χ2n) is 9.06. The summed E-state index contributed by atoms with van der Waals surface area (Å²) in [5.41, 5.74) is 4.56. The van der Waals surface area contributed by atoms with E-state index in [0.717, 1.165) is 53.6 Å². The Morgan fingerprint density at radius 2 is 1.80 bits per heavy atom. The summed E-state index contributed by atoms with van der Waals surface area (Å²) in [6.07, 6.45) is 12.9. The van der Waals surface area contributed by atoms with Crippen molar-refractivity contribution in [1.29, 1.82) is 0 Å². The summed E-state index contributed by atoms with van der Waals surface area (Å²) in [5.74, 6) is 2.17. The van der Waals surface area contributed by atoms with Gasteiger partial charge < -0.3 is 14.8 Å². The van der Waals surface area contributed by atoms with E-state index in [1.165, 1.54) is 0 Å². The predicted octanol–water partition coefficient (Wildman–Crippen LogP) is 6.31. The minimum absolute atomic E-state index is 0.264. The molecule has 1 fully saturated rings. The van der Waals surface area contributed by atoms with Crippen LogP contribution in [0.1, 0.15) is 38.2 Å². The molecule has 0 radical (unpaired) electrons. The molecule has 0 saturated heterocycles. The fraction of sp³-hybridized carbons (Fsp3) is 0.286. The molecule has 0 spiro atoms. The second kappa shape index (κ2) is 9.70. The highest BCUT2D eigenvalue weighted by molar-refractivity contribution is 5.66. The van der Waals surface area contributed by atoms with Crippen molar-refractivity contribution in [2.75, 3.05) is 6.61 Å². The number of hydrogen-bond acceptors (Lipinski definition) is 6. The first-order valence-corrected chi connectivity index (χ1v) is 12.0. The number of allylic oxidation sites excluding steroid dienone is 1. The fourth-order valence-electron chi connectivity index (χ4n) is 4.40. The Kier molecular flexibility index (Phi) is 6.31. The Balaban J connectivity index is 1.29. The number of aliphatic hydroxyl groups excluding tert-OH is 1. The molecule has 1 aromatic carbocycles. The van der Waals surface area contributed by atoms with Crippen LogP contribution in [0.2, 0.25) is 0 Å². The summed E-state index contributed by atoms with van der Waals surface area (Å²) in [6, 6.07) is 12.0. The van der Waals surface area contributed by atoms with E-state index in [1.807, 2.05) is 56.3 Å². The van der Waals surface area contributed by atoms with E-state index in [9.17, 15) is 5.11 Å². The Bertz CT molecular complexity index is 1330. The summed E-state index contributed by atoms with van der Waals surface area (Å²) < 4.78 is 6.01. The van der Waals surface area contributed by atoms with Crippen LogP contribution in [0.5, 0.6) is 5.88 Å². The van der Waals surface area contributed by atoms with E-state index < -0.39 is 0 Å². The number of aromatic nitrogens is 5. The van der Waals surface area contributed by atoms with E-state index in [0.29, 0.717) is 29.9 Å². The molecular weight excluding hydrogens is 438 g/mol. The van der Waals surface area contributed by atoms with Crippen LogP contribution in [0.4, 0.5) is 0 Å². The number of imidazole rings is 1. The van der Waals surface area contributed by atoms with Gasteiger partial charge in [-0.15, -0.1) is 0 Å². The Morgan fingerprint density at radius 3 is 2.46 bits per heavy atom. The lowest BCUT2D eigenvalue weighted by Gasteiger charge is -2.40. The maximum Gasteiger partial charge on any atom is 0.213 e. The summed E-state index contributed by atoms with van der Waals surface area (Å²) in [6.45, 7) is 4.48. The van der Waals surface area contributed by atoms with Crippen LogP contribution in [0.15, 0.2) is 73.0 Å². The summed E-state index contributed by atoms with van der Waals surface area (Å²) in [7, 11) is 0. The van der Waals surface area contributed by atoms with Crippen molar-refractivity contribution in [3.05, 3.63) is 78.6 Å². The molecule has 7 heteroatoms. The molecule has 4 aromatic rings. The van der Waals surface area contributed by atoms with Gasteiger partial charge in [0.1, 0.15) is 6.61 Å². The number of aliphatic hydroxyl groups is 1. The molecule has 1 saturated carbocycles. The molecule has 7 nitrogen and oxygen atoms in total. The molecule has 0 atom stereocenters. The van der Waals surface area contributed by atoms with Gasteiger partial charge in [0.05, 0.1) is 23.1 Å². The zero-order chi connectivity index (χ0) is 24.3. The third-order valence-electron chi connectivity index (χ3n) is 6.67. The largest absolute Gasteiger partial charge is 0.512 e. The maximum absolute atomic E-state index is 10.4. The van der Waals surface area contributed by atoms with Crippen LogP contribution in [-0.4, -0.2) is 36.6 Å². The SMILES string of the molecule is CC/C=C(\O)C1(COc2cc(C)c(-c3cnc(-c4ncc(-c5ccccc5)[nH]4)nc3)cn2)CCC1. The van der Waals surface area contributed by atoms with Crippen LogP contribution in [0, 0.1) is 12.3 Å². The number of rotatable bonds is 8. The molecule has 3 aromatic heterocycles. The number of nitrogens with one attached hydrogen (secondary N) is 1. The van der Waals surface area contributed by atoms with Crippen molar-refractivity contribution in [3.63, 3.8) is 0 Å². The Morgan fingerprint density at radius 1 is 1.03 bits per heavy atom. The van der Waals surface area contributed by atoms with Gasteiger partial charge in [-0.1, -0.05) is 43.7 Å². The molecule has 3 heterocycles. The van der Waals surface area contributed by atoms with Crippen LogP contribution in [0.25, 0.3) is 34.0 Å². The van der Waals surface area contributed by atoms with Crippen LogP contribution < -0.4 is 4.74 Å². The van der Waals surface area contributed by atoms with E-state index in [-0.39, 0.29) is 5.41 Å². The maximum atomic E-state index is 10.4. The van der Waals surface area contributed by atoms with Crippen LogP contribution in [0.3, 0.4) is 0 Å². The number of H-pyrrole nitrogens is 1. The normalized spacial score (nSPS) is 15.0. The zero-order valence-corrected chi connectivity index (χ0v) is 20.0. The van der Waals surface area contributed by atoms with Gasteiger partial charge in [0.2, 0.25) is 5.88 Å². The molecule has 1 aliphatic rings. The van der Waals surface area contributed by atoms with Gasteiger partial charge in [-0.3, -0.25) is 0 Å². The lowest BCUT2D eigenvalue weighted by molar-refractivity contribution is 0.0488. The van der Waals surface area contributed by atoms with Crippen molar-refractivity contribution < 1.29 is 9.84 Å². The van der Waals surface area contributed by atoms with Gasteiger partial charge in [0.25, 0.3) is 0 Å². The average Bonchev–Trinajstić information content (AvgIpc) is 3.35. The van der Waals surface area contributed by atoms with E-state index in [2.05, 4.69) is 24.9 Å². The average molecular weight is 468 g/mol. The van der Waals surface area contributed by atoms with Crippen molar-refractivity contribution in [3.8, 4) is 39.9 Å². The number of nitrogens with zero attached hydrogens (tertiary/aromatic N) is 4. The molecule has 0 unspecified atom stereocenters. The third-order valence-corrected chi connectivity index (χ3v) is 6.67. The molecule has 35 heavy (non-hydrogen) atoms. The lowest BCUT2D eigenvalue weighted by Crippen LogP contribution is -2.37. The summed E-state index contributed by atoms with van der Waals surface area (Å²) in [4.78, 5) is 21.3. The molecule has 0 amide bonds.